The molecular weight excluding hydrogens is 593 g/mol. The predicted octanol–water partition coefficient (Wildman–Crippen LogP) is 13.4. The van der Waals surface area contributed by atoms with E-state index in [1.807, 2.05) is 0 Å². The van der Waals surface area contributed by atoms with Crippen LogP contribution in [0.5, 0.6) is 0 Å². The van der Waals surface area contributed by atoms with E-state index < -0.39 is 0 Å². The molecule has 0 aliphatic heterocycles. The van der Waals surface area contributed by atoms with E-state index >= 15 is 0 Å². The molecule has 0 bridgehead atoms. The summed E-state index contributed by atoms with van der Waals surface area (Å²) in [5.74, 6) is 0.913. The number of hydrogen-bond donors (Lipinski definition) is 2. The van der Waals surface area contributed by atoms with E-state index in [1.165, 1.54) is 154 Å². The second-order valence-corrected chi connectivity index (χ2v) is 14.8. The molecule has 49 heavy (non-hydrogen) atoms. The van der Waals surface area contributed by atoms with E-state index in [1.54, 1.807) is 0 Å². The normalized spacial score (nSPS) is 12.7. The lowest BCUT2D eigenvalue weighted by molar-refractivity contribution is 0.579. The molecule has 2 heteroatoms. The molecule has 0 saturated heterocycles. The SMILES string of the molecule is CCCCCC(c1ccc(CCCCCCCCCc2ccc(C(CCCCC)c3ccc(N)cc3C)cc2)cc1)c1ccc(N)cc1C. The van der Waals surface area contributed by atoms with Crippen LogP contribution in [0, 0.1) is 13.8 Å². The highest BCUT2D eigenvalue weighted by molar-refractivity contribution is 5.49. The lowest BCUT2D eigenvalue weighted by atomic mass is 9.84. The van der Waals surface area contributed by atoms with Crippen molar-refractivity contribution in [1.82, 2.24) is 0 Å². The molecule has 4 rings (SSSR count). The number of hydrogen-bond acceptors (Lipinski definition) is 2. The molecule has 2 nitrogen and oxygen atoms in total. The quantitative estimate of drug-likeness (QED) is 0.0652. The van der Waals surface area contributed by atoms with Gasteiger partial charge in [-0.25, -0.2) is 0 Å². The zero-order chi connectivity index (χ0) is 34.8. The smallest absolute Gasteiger partial charge is 0.0316 e. The molecule has 0 saturated carbocycles. The van der Waals surface area contributed by atoms with Crippen LogP contribution in [0.1, 0.15) is 167 Å². The summed E-state index contributed by atoms with van der Waals surface area (Å²) in [7, 11) is 0. The third-order valence-corrected chi connectivity index (χ3v) is 10.7. The van der Waals surface area contributed by atoms with E-state index in [2.05, 4.69) is 113 Å². The molecular formula is C47H66N2. The van der Waals surface area contributed by atoms with Crippen LogP contribution >= 0.6 is 0 Å². The van der Waals surface area contributed by atoms with Crippen molar-refractivity contribution in [2.75, 3.05) is 11.5 Å². The fraction of sp³-hybridized carbons (Fsp3) is 0.489. The second kappa shape index (κ2) is 20.9. The molecule has 4 aromatic carbocycles. The number of benzene rings is 4. The fourth-order valence-corrected chi connectivity index (χ4v) is 7.76. The first-order valence-electron chi connectivity index (χ1n) is 19.8. The molecule has 2 atom stereocenters. The highest BCUT2D eigenvalue weighted by Gasteiger charge is 2.18. The van der Waals surface area contributed by atoms with Crippen molar-refractivity contribution in [1.29, 1.82) is 0 Å². The van der Waals surface area contributed by atoms with Crippen molar-refractivity contribution in [2.24, 2.45) is 0 Å². The number of rotatable bonds is 22. The number of unbranched alkanes of at least 4 members (excludes halogenated alkanes) is 10. The minimum Gasteiger partial charge on any atom is -0.399 e. The molecule has 4 N–H and O–H groups in total. The summed E-state index contributed by atoms with van der Waals surface area (Å²) in [6, 6.07) is 32.0. The largest absolute Gasteiger partial charge is 0.399 e. The van der Waals surface area contributed by atoms with Crippen LogP contribution in [0.15, 0.2) is 84.9 Å². The average Bonchev–Trinajstić information content (AvgIpc) is 3.09. The fourth-order valence-electron chi connectivity index (χ4n) is 7.76. The monoisotopic (exact) mass is 659 g/mol. The molecule has 0 heterocycles. The maximum atomic E-state index is 6.07. The predicted molar refractivity (Wildman–Crippen MR) is 216 cm³/mol. The van der Waals surface area contributed by atoms with E-state index in [4.69, 9.17) is 11.5 Å². The van der Waals surface area contributed by atoms with Crippen molar-refractivity contribution in [3.05, 3.63) is 129 Å². The molecule has 0 amide bonds. The van der Waals surface area contributed by atoms with E-state index in [0.29, 0.717) is 11.8 Å². The summed E-state index contributed by atoms with van der Waals surface area (Å²) in [6.07, 6.45) is 21.7. The Kier molecular flexibility index (Phi) is 16.3. The van der Waals surface area contributed by atoms with E-state index in [9.17, 15) is 0 Å². The first-order chi connectivity index (χ1) is 23.9. The Hall–Kier alpha value is -3.52. The van der Waals surface area contributed by atoms with Crippen molar-refractivity contribution < 1.29 is 0 Å². The van der Waals surface area contributed by atoms with Crippen molar-refractivity contribution >= 4 is 11.4 Å². The van der Waals surface area contributed by atoms with E-state index in [0.717, 1.165) is 11.4 Å². The molecule has 264 valence electrons. The zero-order valence-electron chi connectivity index (χ0n) is 31.4. The first-order valence-corrected chi connectivity index (χ1v) is 19.8. The average molecular weight is 659 g/mol. The van der Waals surface area contributed by atoms with Gasteiger partial charge in [0.1, 0.15) is 0 Å². The number of nitrogens with two attached hydrogens (primary N) is 2. The van der Waals surface area contributed by atoms with Crippen molar-refractivity contribution in [3.8, 4) is 0 Å². The molecule has 4 aromatic rings. The van der Waals surface area contributed by atoms with Crippen LogP contribution in [-0.2, 0) is 12.8 Å². The van der Waals surface area contributed by atoms with Gasteiger partial charge in [-0.15, -0.1) is 0 Å². The van der Waals surface area contributed by atoms with Gasteiger partial charge in [-0.05, 0) is 121 Å². The van der Waals surface area contributed by atoms with Crippen molar-refractivity contribution in [3.63, 3.8) is 0 Å². The van der Waals surface area contributed by atoms with Gasteiger partial charge in [0.05, 0.1) is 0 Å². The number of anilines is 2. The third kappa shape index (κ3) is 12.4. The highest BCUT2D eigenvalue weighted by Crippen LogP contribution is 2.35. The van der Waals surface area contributed by atoms with Crippen LogP contribution in [0.4, 0.5) is 11.4 Å². The zero-order valence-corrected chi connectivity index (χ0v) is 31.4. The lowest BCUT2D eigenvalue weighted by Gasteiger charge is -2.21. The van der Waals surface area contributed by atoms with Crippen LogP contribution in [0.2, 0.25) is 0 Å². The van der Waals surface area contributed by atoms with Crippen molar-refractivity contribution in [2.45, 2.75) is 149 Å². The molecule has 0 aromatic heterocycles. The van der Waals surface area contributed by atoms with Gasteiger partial charge in [-0.1, -0.05) is 145 Å². The summed E-state index contributed by atoms with van der Waals surface area (Å²) in [6.45, 7) is 8.99. The van der Waals surface area contributed by atoms with Gasteiger partial charge in [-0.2, -0.15) is 0 Å². The van der Waals surface area contributed by atoms with Crippen LogP contribution in [0.25, 0.3) is 0 Å². The Balaban J connectivity index is 1.15. The molecule has 0 fully saturated rings. The Morgan fingerprint density at radius 3 is 1.14 bits per heavy atom. The van der Waals surface area contributed by atoms with Crippen LogP contribution in [0.3, 0.4) is 0 Å². The van der Waals surface area contributed by atoms with Gasteiger partial charge in [0.25, 0.3) is 0 Å². The van der Waals surface area contributed by atoms with Crippen LogP contribution < -0.4 is 11.5 Å². The number of nitrogen functional groups attached to an aromatic ring is 2. The van der Waals surface area contributed by atoms with Gasteiger partial charge >= 0.3 is 0 Å². The second-order valence-electron chi connectivity index (χ2n) is 14.8. The molecule has 0 aliphatic rings. The Morgan fingerprint density at radius 1 is 0.429 bits per heavy atom. The maximum Gasteiger partial charge on any atom is 0.0316 e. The standard InChI is InChI=1S/C47H66N2/c1-5-7-14-20-46(44-32-30-42(48)34-36(44)3)40-26-22-38(23-27-40)18-16-12-10-9-11-13-17-19-39-24-28-41(29-25-39)47(21-15-8-6-2)45-33-31-43(49)35-37(45)4/h22-35,46-47H,5-21,48-49H2,1-4H3. The third-order valence-electron chi connectivity index (χ3n) is 10.7. The number of aryl methyl sites for hydroxylation is 4. The molecule has 2 unspecified atom stereocenters. The summed E-state index contributed by atoms with van der Waals surface area (Å²) >= 11 is 0. The van der Waals surface area contributed by atoms with Gasteiger partial charge < -0.3 is 11.5 Å². The summed E-state index contributed by atoms with van der Waals surface area (Å²) in [5, 5.41) is 0. The topological polar surface area (TPSA) is 52.0 Å². The van der Waals surface area contributed by atoms with E-state index in [-0.39, 0.29) is 0 Å². The highest BCUT2D eigenvalue weighted by atomic mass is 14.5. The summed E-state index contributed by atoms with van der Waals surface area (Å²) in [4.78, 5) is 0. The van der Waals surface area contributed by atoms with Gasteiger partial charge in [0.15, 0.2) is 0 Å². The minimum atomic E-state index is 0.456. The minimum absolute atomic E-state index is 0.456. The van der Waals surface area contributed by atoms with Gasteiger partial charge in [-0.3, -0.25) is 0 Å². The Bertz CT molecular complexity index is 1390. The first kappa shape index (κ1) is 38.3. The lowest BCUT2D eigenvalue weighted by Crippen LogP contribution is -2.05. The summed E-state index contributed by atoms with van der Waals surface area (Å²) in [5.41, 5.74) is 25.2. The molecule has 0 radical (unpaired) electrons. The molecule has 0 aliphatic carbocycles. The maximum absolute atomic E-state index is 6.07. The Labute approximate surface area is 300 Å². The van der Waals surface area contributed by atoms with Gasteiger partial charge in [0, 0.05) is 23.2 Å². The molecule has 0 spiro atoms. The Morgan fingerprint density at radius 2 is 0.796 bits per heavy atom. The summed E-state index contributed by atoms with van der Waals surface area (Å²) < 4.78 is 0. The van der Waals surface area contributed by atoms with Crippen LogP contribution in [-0.4, -0.2) is 0 Å². The van der Waals surface area contributed by atoms with Gasteiger partial charge in [0.2, 0.25) is 0 Å².